The van der Waals surface area contributed by atoms with Crippen molar-refractivity contribution in [3.63, 3.8) is 0 Å². The summed E-state index contributed by atoms with van der Waals surface area (Å²) in [6.07, 6.45) is 4.75. The van der Waals surface area contributed by atoms with Crippen LogP contribution in [-0.2, 0) is 0 Å². The van der Waals surface area contributed by atoms with Crippen LogP contribution in [0.25, 0.3) is 0 Å². The highest BCUT2D eigenvalue weighted by molar-refractivity contribution is 5.44. The van der Waals surface area contributed by atoms with Crippen molar-refractivity contribution in [2.45, 2.75) is 44.6 Å². The van der Waals surface area contributed by atoms with Gasteiger partial charge in [0.05, 0.1) is 10.5 Å². The molecule has 1 aromatic carbocycles. The van der Waals surface area contributed by atoms with Gasteiger partial charge in [-0.25, -0.2) is 0 Å². The maximum Gasteiger partial charge on any atom is 0.272 e. The van der Waals surface area contributed by atoms with Gasteiger partial charge in [-0.1, -0.05) is 19.3 Å². The molecule has 0 saturated heterocycles. The van der Waals surface area contributed by atoms with Crippen molar-refractivity contribution in [3.8, 4) is 5.75 Å². The second-order valence-corrected chi connectivity index (χ2v) is 5.28. The maximum absolute atomic E-state index is 10.7. The number of hydrogen-bond donors (Lipinski definition) is 1. The standard InChI is InChI=1S/C14H19NO4/c1-11-9-12(5-6-13(11)15(17)18)19-10-14(16)7-3-2-4-8-14/h5-6,9,16H,2-4,7-8,10H2,1H3. The van der Waals surface area contributed by atoms with E-state index >= 15 is 0 Å². The molecule has 5 heteroatoms. The molecule has 1 fully saturated rings. The number of ether oxygens (including phenoxy) is 1. The summed E-state index contributed by atoms with van der Waals surface area (Å²) in [4.78, 5) is 10.3. The van der Waals surface area contributed by atoms with Gasteiger partial charge in [0, 0.05) is 11.6 Å². The van der Waals surface area contributed by atoms with Crippen LogP contribution in [0.4, 0.5) is 5.69 Å². The molecule has 1 aliphatic carbocycles. The Labute approximate surface area is 112 Å². The average Bonchev–Trinajstić information content (AvgIpc) is 2.37. The van der Waals surface area contributed by atoms with E-state index in [2.05, 4.69) is 0 Å². The van der Waals surface area contributed by atoms with E-state index in [1.165, 1.54) is 12.5 Å². The van der Waals surface area contributed by atoms with Crippen molar-refractivity contribution < 1.29 is 14.8 Å². The first-order chi connectivity index (χ1) is 9.00. The van der Waals surface area contributed by atoms with Crippen molar-refractivity contribution in [1.29, 1.82) is 0 Å². The molecule has 0 unspecified atom stereocenters. The summed E-state index contributed by atoms with van der Waals surface area (Å²) in [5.41, 5.74) is -0.0876. The van der Waals surface area contributed by atoms with E-state index in [0.29, 0.717) is 11.3 Å². The monoisotopic (exact) mass is 265 g/mol. The SMILES string of the molecule is Cc1cc(OCC2(O)CCCCC2)ccc1[N+](=O)[O-]. The predicted octanol–water partition coefficient (Wildman–Crippen LogP) is 2.98. The fourth-order valence-electron chi connectivity index (χ4n) is 2.49. The number of hydrogen-bond acceptors (Lipinski definition) is 4. The van der Waals surface area contributed by atoms with Gasteiger partial charge < -0.3 is 9.84 Å². The van der Waals surface area contributed by atoms with Gasteiger partial charge in [-0.3, -0.25) is 10.1 Å². The van der Waals surface area contributed by atoms with E-state index < -0.39 is 10.5 Å². The minimum absolute atomic E-state index is 0.0868. The van der Waals surface area contributed by atoms with Crippen LogP contribution < -0.4 is 4.74 Å². The Bertz CT molecular complexity index is 467. The summed E-state index contributed by atoms with van der Waals surface area (Å²) in [7, 11) is 0. The largest absolute Gasteiger partial charge is 0.491 e. The van der Waals surface area contributed by atoms with Crippen LogP contribution in [0.15, 0.2) is 18.2 Å². The minimum atomic E-state index is -0.742. The van der Waals surface area contributed by atoms with Crippen LogP contribution >= 0.6 is 0 Å². The summed E-state index contributed by atoms with van der Waals surface area (Å²) in [5.74, 6) is 0.571. The highest BCUT2D eigenvalue weighted by Crippen LogP contribution is 2.29. The summed E-state index contributed by atoms with van der Waals surface area (Å²) < 4.78 is 5.59. The third-order valence-corrected chi connectivity index (χ3v) is 3.66. The second kappa shape index (κ2) is 5.57. The van der Waals surface area contributed by atoms with E-state index in [1.54, 1.807) is 19.1 Å². The summed E-state index contributed by atoms with van der Waals surface area (Å²) in [5, 5.41) is 21.0. The van der Waals surface area contributed by atoms with Gasteiger partial charge in [-0.2, -0.15) is 0 Å². The zero-order chi connectivity index (χ0) is 13.9. The van der Waals surface area contributed by atoms with Crippen LogP contribution in [0, 0.1) is 17.0 Å². The molecule has 0 amide bonds. The number of aliphatic hydroxyl groups is 1. The first kappa shape index (κ1) is 13.8. The Morgan fingerprint density at radius 3 is 2.63 bits per heavy atom. The Balaban J connectivity index is 2.00. The molecule has 104 valence electrons. The van der Waals surface area contributed by atoms with Gasteiger partial charge in [0.25, 0.3) is 5.69 Å². The zero-order valence-corrected chi connectivity index (χ0v) is 11.1. The summed E-state index contributed by atoms with van der Waals surface area (Å²) in [6, 6.07) is 4.66. The second-order valence-electron chi connectivity index (χ2n) is 5.28. The lowest BCUT2D eigenvalue weighted by Gasteiger charge is -2.31. The molecule has 1 aliphatic rings. The third kappa shape index (κ3) is 3.44. The zero-order valence-electron chi connectivity index (χ0n) is 11.1. The normalized spacial score (nSPS) is 18.0. The van der Waals surface area contributed by atoms with E-state index in [4.69, 9.17) is 4.74 Å². The van der Waals surface area contributed by atoms with Gasteiger partial charge in [0.15, 0.2) is 0 Å². The number of nitrogens with zero attached hydrogens (tertiary/aromatic N) is 1. The average molecular weight is 265 g/mol. The molecule has 5 nitrogen and oxygen atoms in total. The molecule has 1 saturated carbocycles. The molecule has 0 radical (unpaired) electrons. The molecule has 0 aliphatic heterocycles. The van der Waals surface area contributed by atoms with Crippen LogP contribution in [0.1, 0.15) is 37.7 Å². The molecule has 0 atom stereocenters. The first-order valence-electron chi connectivity index (χ1n) is 6.60. The molecule has 0 spiro atoms. The van der Waals surface area contributed by atoms with Crippen LogP contribution in [0.2, 0.25) is 0 Å². The maximum atomic E-state index is 10.7. The molecule has 0 bridgehead atoms. The number of rotatable bonds is 4. The van der Waals surface area contributed by atoms with E-state index in [9.17, 15) is 15.2 Å². The number of nitro groups is 1. The highest BCUT2D eigenvalue weighted by Gasteiger charge is 2.30. The lowest BCUT2D eigenvalue weighted by atomic mass is 9.85. The fraction of sp³-hybridized carbons (Fsp3) is 0.571. The van der Waals surface area contributed by atoms with Gasteiger partial charge in [0.2, 0.25) is 0 Å². The molecular formula is C14H19NO4. The van der Waals surface area contributed by atoms with Crippen molar-refractivity contribution in [1.82, 2.24) is 0 Å². The van der Waals surface area contributed by atoms with Crippen molar-refractivity contribution in [2.24, 2.45) is 0 Å². The predicted molar refractivity (Wildman–Crippen MR) is 71.4 cm³/mol. The minimum Gasteiger partial charge on any atom is -0.491 e. The van der Waals surface area contributed by atoms with Crippen LogP contribution in [0.5, 0.6) is 5.75 Å². The lowest BCUT2D eigenvalue weighted by molar-refractivity contribution is -0.385. The Hall–Kier alpha value is -1.62. The molecule has 1 N–H and O–H groups in total. The molecule has 2 rings (SSSR count). The number of aryl methyl sites for hydroxylation is 1. The van der Waals surface area contributed by atoms with Gasteiger partial charge in [-0.05, 0) is 31.9 Å². The molecule has 19 heavy (non-hydrogen) atoms. The third-order valence-electron chi connectivity index (χ3n) is 3.66. The van der Waals surface area contributed by atoms with Crippen LogP contribution in [-0.4, -0.2) is 22.2 Å². The van der Waals surface area contributed by atoms with Gasteiger partial charge in [-0.15, -0.1) is 0 Å². The number of benzene rings is 1. The Morgan fingerprint density at radius 1 is 1.37 bits per heavy atom. The molecule has 1 aromatic rings. The highest BCUT2D eigenvalue weighted by atomic mass is 16.6. The van der Waals surface area contributed by atoms with Crippen molar-refractivity contribution in [3.05, 3.63) is 33.9 Å². The summed E-state index contributed by atoms with van der Waals surface area (Å²) >= 11 is 0. The first-order valence-corrected chi connectivity index (χ1v) is 6.60. The van der Waals surface area contributed by atoms with Crippen molar-refractivity contribution >= 4 is 5.69 Å². The molecule has 0 heterocycles. The number of nitro benzene ring substituents is 1. The topological polar surface area (TPSA) is 72.6 Å². The smallest absolute Gasteiger partial charge is 0.272 e. The lowest BCUT2D eigenvalue weighted by Crippen LogP contribution is -2.37. The van der Waals surface area contributed by atoms with Gasteiger partial charge in [0.1, 0.15) is 12.4 Å². The quantitative estimate of drug-likeness (QED) is 0.671. The summed E-state index contributed by atoms with van der Waals surface area (Å²) in [6.45, 7) is 1.94. The van der Waals surface area contributed by atoms with Crippen LogP contribution in [0.3, 0.4) is 0 Å². The Morgan fingerprint density at radius 2 is 2.05 bits per heavy atom. The molecular weight excluding hydrogens is 246 g/mol. The Kier molecular flexibility index (Phi) is 4.04. The van der Waals surface area contributed by atoms with Gasteiger partial charge >= 0.3 is 0 Å². The van der Waals surface area contributed by atoms with E-state index in [0.717, 1.165) is 25.7 Å². The van der Waals surface area contributed by atoms with E-state index in [1.807, 2.05) is 0 Å². The van der Waals surface area contributed by atoms with Crippen molar-refractivity contribution in [2.75, 3.05) is 6.61 Å². The van der Waals surface area contributed by atoms with E-state index in [-0.39, 0.29) is 12.3 Å². The fourth-order valence-corrected chi connectivity index (χ4v) is 2.49. The molecule has 0 aromatic heterocycles.